The summed E-state index contributed by atoms with van der Waals surface area (Å²) in [6, 6.07) is 3.41. The van der Waals surface area contributed by atoms with Crippen molar-refractivity contribution in [2.45, 2.75) is 11.8 Å². The van der Waals surface area contributed by atoms with Crippen LogP contribution in [-0.4, -0.2) is 12.8 Å². The number of hydrogen-bond donors (Lipinski definition) is 1. The fourth-order valence-corrected chi connectivity index (χ4v) is 1.84. The van der Waals surface area contributed by atoms with Gasteiger partial charge in [-0.05, 0) is 30.9 Å². The molecule has 2 N–H and O–H groups in total. The van der Waals surface area contributed by atoms with Gasteiger partial charge in [-0.25, -0.2) is 4.39 Å². The third-order valence-electron chi connectivity index (χ3n) is 1.95. The molecular formula is C11H14FNS. The minimum Gasteiger partial charge on any atom is -0.327 e. The standard InChI is InChI=1S/C11H14FNS/c1-8-6-10(12)9(4-3-5-13)7-11(8)14-2/h3-4,6-7H,5,13H2,1-2H3/b4-3+. The largest absolute Gasteiger partial charge is 0.327 e. The minimum atomic E-state index is -0.190. The van der Waals surface area contributed by atoms with E-state index in [0.717, 1.165) is 10.5 Å². The number of thioether (sulfide) groups is 1. The summed E-state index contributed by atoms with van der Waals surface area (Å²) >= 11 is 1.62. The van der Waals surface area contributed by atoms with Crippen LogP contribution in [0, 0.1) is 12.7 Å². The van der Waals surface area contributed by atoms with Gasteiger partial charge in [-0.15, -0.1) is 11.8 Å². The molecule has 1 nitrogen and oxygen atoms in total. The number of rotatable bonds is 3. The second-order valence-electron chi connectivity index (χ2n) is 2.98. The molecule has 1 rings (SSSR count). The monoisotopic (exact) mass is 211 g/mol. The van der Waals surface area contributed by atoms with Crippen molar-refractivity contribution in [2.75, 3.05) is 12.8 Å². The highest BCUT2D eigenvalue weighted by atomic mass is 32.2. The molecule has 0 aromatic heterocycles. The van der Waals surface area contributed by atoms with Crippen molar-refractivity contribution in [1.82, 2.24) is 0 Å². The lowest BCUT2D eigenvalue weighted by atomic mass is 10.1. The van der Waals surface area contributed by atoms with Crippen LogP contribution in [0.15, 0.2) is 23.1 Å². The summed E-state index contributed by atoms with van der Waals surface area (Å²) in [5, 5.41) is 0. The topological polar surface area (TPSA) is 26.0 Å². The van der Waals surface area contributed by atoms with Crippen LogP contribution in [0.2, 0.25) is 0 Å². The van der Waals surface area contributed by atoms with Crippen molar-refractivity contribution in [3.63, 3.8) is 0 Å². The maximum atomic E-state index is 13.4. The first-order valence-electron chi connectivity index (χ1n) is 4.39. The SMILES string of the molecule is CSc1cc(/C=C/CN)c(F)cc1C. The summed E-state index contributed by atoms with van der Waals surface area (Å²) in [7, 11) is 0. The highest BCUT2D eigenvalue weighted by Gasteiger charge is 2.03. The number of nitrogens with two attached hydrogens (primary N) is 1. The van der Waals surface area contributed by atoms with Crippen LogP contribution in [0.1, 0.15) is 11.1 Å². The van der Waals surface area contributed by atoms with Crippen molar-refractivity contribution in [1.29, 1.82) is 0 Å². The lowest BCUT2D eigenvalue weighted by molar-refractivity contribution is 0.622. The van der Waals surface area contributed by atoms with E-state index in [4.69, 9.17) is 5.73 Å². The van der Waals surface area contributed by atoms with E-state index in [1.54, 1.807) is 30.0 Å². The quantitative estimate of drug-likeness (QED) is 0.778. The van der Waals surface area contributed by atoms with Gasteiger partial charge in [-0.2, -0.15) is 0 Å². The molecule has 0 unspecified atom stereocenters. The lowest BCUT2D eigenvalue weighted by Crippen LogP contribution is -1.93. The zero-order valence-corrected chi connectivity index (χ0v) is 9.20. The van der Waals surface area contributed by atoms with Crippen LogP contribution in [0.4, 0.5) is 4.39 Å². The van der Waals surface area contributed by atoms with E-state index in [0.29, 0.717) is 12.1 Å². The van der Waals surface area contributed by atoms with E-state index in [9.17, 15) is 4.39 Å². The van der Waals surface area contributed by atoms with E-state index >= 15 is 0 Å². The molecule has 0 spiro atoms. The molecule has 0 heterocycles. The molecule has 76 valence electrons. The van der Waals surface area contributed by atoms with Crippen molar-refractivity contribution >= 4 is 17.8 Å². The Hall–Kier alpha value is -0.800. The summed E-state index contributed by atoms with van der Waals surface area (Å²) in [5.41, 5.74) is 6.89. The van der Waals surface area contributed by atoms with Gasteiger partial charge in [0.05, 0.1) is 0 Å². The summed E-state index contributed by atoms with van der Waals surface area (Å²) < 4.78 is 13.4. The van der Waals surface area contributed by atoms with E-state index in [-0.39, 0.29) is 5.82 Å². The van der Waals surface area contributed by atoms with Crippen molar-refractivity contribution in [2.24, 2.45) is 5.73 Å². The summed E-state index contributed by atoms with van der Waals surface area (Å²) in [5.74, 6) is -0.190. The number of aryl methyl sites for hydroxylation is 1. The molecule has 1 aromatic rings. The van der Waals surface area contributed by atoms with Gasteiger partial charge in [0.15, 0.2) is 0 Å². The summed E-state index contributed by atoms with van der Waals surface area (Å²) in [6.45, 7) is 2.34. The molecule has 0 saturated heterocycles. The van der Waals surface area contributed by atoms with E-state index in [1.165, 1.54) is 0 Å². The molecule has 1 aromatic carbocycles. The smallest absolute Gasteiger partial charge is 0.130 e. The molecule has 3 heteroatoms. The molecule has 0 atom stereocenters. The average Bonchev–Trinajstić information content (AvgIpc) is 2.17. The third kappa shape index (κ3) is 2.59. The van der Waals surface area contributed by atoms with Gasteiger partial charge in [-0.3, -0.25) is 0 Å². The Morgan fingerprint density at radius 3 is 2.79 bits per heavy atom. The van der Waals surface area contributed by atoms with Crippen LogP contribution >= 0.6 is 11.8 Å². The van der Waals surface area contributed by atoms with Crippen LogP contribution in [0.3, 0.4) is 0 Å². The molecule has 0 amide bonds. The van der Waals surface area contributed by atoms with Gasteiger partial charge < -0.3 is 5.73 Å². The molecule has 0 aliphatic carbocycles. The van der Waals surface area contributed by atoms with Crippen molar-refractivity contribution < 1.29 is 4.39 Å². The van der Waals surface area contributed by atoms with Gasteiger partial charge in [-0.1, -0.05) is 12.2 Å². The van der Waals surface area contributed by atoms with E-state index in [1.807, 2.05) is 19.2 Å². The Bertz CT molecular complexity index is 347. The van der Waals surface area contributed by atoms with Crippen LogP contribution < -0.4 is 5.73 Å². The first-order valence-corrected chi connectivity index (χ1v) is 5.62. The molecule has 0 saturated carbocycles. The molecule has 0 radical (unpaired) electrons. The van der Waals surface area contributed by atoms with Crippen molar-refractivity contribution in [3.8, 4) is 0 Å². The highest BCUT2D eigenvalue weighted by Crippen LogP contribution is 2.24. The Morgan fingerprint density at radius 1 is 1.50 bits per heavy atom. The Balaban J connectivity index is 3.10. The molecule has 14 heavy (non-hydrogen) atoms. The van der Waals surface area contributed by atoms with Gasteiger partial charge in [0.1, 0.15) is 5.82 Å². The average molecular weight is 211 g/mol. The van der Waals surface area contributed by atoms with E-state index < -0.39 is 0 Å². The third-order valence-corrected chi connectivity index (χ3v) is 2.83. The zero-order valence-electron chi connectivity index (χ0n) is 8.38. The molecule has 0 aliphatic rings. The fourth-order valence-electron chi connectivity index (χ4n) is 1.21. The number of hydrogen-bond acceptors (Lipinski definition) is 2. The van der Waals surface area contributed by atoms with Crippen LogP contribution in [0.25, 0.3) is 6.08 Å². The Morgan fingerprint density at radius 2 is 2.21 bits per heavy atom. The second-order valence-corrected chi connectivity index (χ2v) is 3.83. The van der Waals surface area contributed by atoms with Gasteiger partial charge >= 0.3 is 0 Å². The summed E-state index contributed by atoms with van der Waals surface area (Å²) in [6.07, 6.45) is 5.45. The normalized spacial score (nSPS) is 11.1. The predicted molar refractivity (Wildman–Crippen MR) is 61.0 cm³/mol. The van der Waals surface area contributed by atoms with Crippen LogP contribution in [0.5, 0.6) is 0 Å². The Kier molecular flexibility index (Phi) is 4.17. The first-order chi connectivity index (χ1) is 6.69. The van der Waals surface area contributed by atoms with Crippen LogP contribution in [-0.2, 0) is 0 Å². The number of halogens is 1. The molecule has 0 bridgehead atoms. The number of benzene rings is 1. The molecule has 0 fully saturated rings. The highest BCUT2D eigenvalue weighted by molar-refractivity contribution is 7.98. The first kappa shape index (κ1) is 11.3. The maximum absolute atomic E-state index is 13.4. The second kappa shape index (κ2) is 5.17. The Labute approximate surface area is 88.2 Å². The predicted octanol–water partition coefficient (Wildman–Crippen LogP) is 2.83. The van der Waals surface area contributed by atoms with Gasteiger partial charge in [0.2, 0.25) is 0 Å². The zero-order chi connectivity index (χ0) is 10.6. The van der Waals surface area contributed by atoms with Gasteiger partial charge in [0.25, 0.3) is 0 Å². The van der Waals surface area contributed by atoms with Crippen molar-refractivity contribution in [3.05, 3.63) is 35.2 Å². The van der Waals surface area contributed by atoms with E-state index in [2.05, 4.69) is 0 Å². The lowest BCUT2D eigenvalue weighted by Gasteiger charge is -2.05. The minimum absolute atomic E-state index is 0.190. The molecular weight excluding hydrogens is 197 g/mol. The van der Waals surface area contributed by atoms with Gasteiger partial charge in [0, 0.05) is 17.0 Å². The molecule has 0 aliphatic heterocycles. The maximum Gasteiger partial charge on any atom is 0.130 e. The fraction of sp³-hybridized carbons (Fsp3) is 0.273. The summed E-state index contributed by atoms with van der Waals surface area (Å²) in [4.78, 5) is 1.10.